The molecule has 5 aliphatic rings. The van der Waals surface area contributed by atoms with Gasteiger partial charge >= 0.3 is 5.97 Å². The second kappa shape index (κ2) is 23.1. The van der Waals surface area contributed by atoms with E-state index in [-0.39, 0.29) is 0 Å². The van der Waals surface area contributed by atoms with Gasteiger partial charge in [0.25, 0.3) is 5.79 Å². The fourth-order valence-electron chi connectivity index (χ4n) is 8.47. The highest BCUT2D eigenvalue weighted by molar-refractivity contribution is 5.77. The lowest BCUT2D eigenvalue weighted by atomic mass is 9.88. The van der Waals surface area contributed by atoms with E-state index in [2.05, 4.69) is 10.6 Å². The Morgan fingerprint density at radius 1 is 0.612 bits per heavy atom. The highest BCUT2D eigenvalue weighted by Crippen LogP contribution is 2.40. The van der Waals surface area contributed by atoms with Crippen molar-refractivity contribution in [1.29, 1.82) is 0 Å². The number of aliphatic carboxylic acids is 1. The molecule has 30 nitrogen and oxygen atoms in total. The lowest BCUT2D eigenvalue weighted by Gasteiger charge is -2.52. The first-order valence-corrected chi connectivity index (χ1v) is 21.1. The van der Waals surface area contributed by atoms with E-state index < -0.39 is 210 Å². The minimum Gasteiger partial charge on any atom is -0.477 e. The van der Waals surface area contributed by atoms with E-state index in [0.29, 0.717) is 0 Å². The molecule has 0 aliphatic carbocycles. The van der Waals surface area contributed by atoms with E-state index in [1.165, 1.54) is 6.92 Å². The molecule has 5 heterocycles. The monoisotopic (exact) mass is 982 g/mol. The van der Waals surface area contributed by atoms with Gasteiger partial charge in [-0.05, 0) is 6.92 Å². The molecular formula is C37H62N2O28. The first-order valence-electron chi connectivity index (χ1n) is 21.1. The minimum atomic E-state index is -3.18. The third-order valence-corrected chi connectivity index (χ3v) is 12.1. The first-order chi connectivity index (χ1) is 31.4. The molecule has 0 radical (unpaired) electrons. The summed E-state index contributed by atoms with van der Waals surface area (Å²) in [6.07, 6.45) is -46.3. The van der Waals surface area contributed by atoms with Crippen LogP contribution in [0.15, 0.2) is 0 Å². The van der Waals surface area contributed by atoms with Gasteiger partial charge in [-0.2, -0.15) is 0 Å². The van der Waals surface area contributed by atoms with Gasteiger partial charge in [0.15, 0.2) is 25.2 Å². The number of carbonyl (C=O) groups excluding carboxylic acids is 2. The Balaban J connectivity index is 1.53. The van der Waals surface area contributed by atoms with Crippen LogP contribution >= 0.6 is 0 Å². The number of aliphatic hydroxyl groups is 15. The summed E-state index contributed by atoms with van der Waals surface area (Å²) >= 11 is 0. The Morgan fingerprint density at radius 3 is 1.72 bits per heavy atom. The van der Waals surface area contributed by atoms with Gasteiger partial charge in [0.2, 0.25) is 11.8 Å². The fourth-order valence-corrected chi connectivity index (χ4v) is 8.47. The predicted molar refractivity (Wildman–Crippen MR) is 206 cm³/mol. The van der Waals surface area contributed by atoms with Gasteiger partial charge in [-0.3, -0.25) is 9.59 Å². The van der Waals surface area contributed by atoms with Crippen LogP contribution in [0.5, 0.6) is 0 Å². The number of aliphatic hydroxyl groups excluding tert-OH is 15. The van der Waals surface area contributed by atoms with Gasteiger partial charge in [0, 0.05) is 20.3 Å². The zero-order chi connectivity index (χ0) is 50.0. The van der Waals surface area contributed by atoms with Gasteiger partial charge in [-0.15, -0.1) is 0 Å². The lowest BCUT2D eigenvalue weighted by Crippen LogP contribution is -2.72. The summed E-state index contributed by atoms with van der Waals surface area (Å²) < 4.78 is 51.8. The van der Waals surface area contributed by atoms with Crippen LogP contribution < -0.4 is 10.6 Å². The molecule has 5 fully saturated rings. The van der Waals surface area contributed by atoms with Gasteiger partial charge in [0.1, 0.15) is 110 Å². The van der Waals surface area contributed by atoms with Crippen LogP contribution in [0.25, 0.3) is 0 Å². The largest absolute Gasteiger partial charge is 0.477 e. The Kier molecular flexibility index (Phi) is 19.1. The van der Waals surface area contributed by atoms with Crippen molar-refractivity contribution in [2.75, 3.05) is 26.4 Å². The van der Waals surface area contributed by atoms with Crippen LogP contribution in [0.1, 0.15) is 27.2 Å². The molecule has 26 atom stereocenters. The van der Waals surface area contributed by atoms with Crippen molar-refractivity contribution >= 4 is 17.8 Å². The fraction of sp³-hybridized carbons (Fsp3) is 0.919. The molecule has 5 aliphatic heterocycles. The molecule has 0 bridgehead atoms. The summed E-state index contributed by atoms with van der Waals surface area (Å²) in [5.41, 5.74) is 0. The van der Waals surface area contributed by atoms with Crippen LogP contribution in [0.3, 0.4) is 0 Å². The molecular weight excluding hydrogens is 920 g/mol. The quantitative estimate of drug-likeness (QED) is 0.0643. The third kappa shape index (κ3) is 11.8. The molecule has 5 saturated heterocycles. The van der Waals surface area contributed by atoms with Crippen molar-refractivity contribution in [3.8, 4) is 0 Å². The van der Waals surface area contributed by atoms with Crippen molar-refractivity contribution in [2.24, 2.45) is 0 Å². The molecule has 388 valence electrons. The summed E-state index contributed by atoms with van der Waals surface area (Å²) in [6.45, 7) is -1.07. The topological polar surface area (TPSA) is 482 Å². The van der Waals surface area contributed by atoms with Crippen molar-refractivity contribution in [2.45, 2.75) is 186 Å². The average molecular weight is 983 g/mol. The number of carbonyl (C=O) groups is 3. The van der Waals surface area contributed by atoms with Gasteiger partial charge in [-0.25, -0.2) is 4.79 Å². The number of rotatable bonds is 17. The predicted octanol–water partition coefficient (Wildman–Crippen LogP) is -11.4. The first kappa shape index (κ1) is 55.4. The Labute approximate surface area is 379 Å². The standard InChI is InChI=1S/C37H62N2O28/c1-9-19(48)22(51)25(54)34(59-9)65-31-26(55)28(16(8-43)62-35(31)64-27-15(7-42)60-32(56)24(53)23(27)52)63-33-18(39-11(3)45)30(21(50)14(6-41)61-33)67-37(36(57)58)4-12(46)17(38-10(2)44)29(66-37)20(49)13(47)5-40/h9,12-35,40-43,46-56H,4-8H2,1-3H3,(H,38,44)(H,39,45)(H,57,58)/t9-,12-,13+,14+,15+,16+,17+,18+,19+,20+,21-,22+,23+,24+,25-,26-,27+,28-,29+,30+,31+,32-,33-,34-,35-,37-/m0/s1. The van der Waals surface area contributed by atoms with E-state index in [4.69, 9.17) is 42.6 Å². The maximum Gasteiger partial charge on any atom is 0.364 e. The number of hydrogen-bond acceptors (Lipinski definition) is 27. The maximum atomic E-state index is 13.1. The SMILES string of the molecule is CC(=O)N[C@H]1[C@H](O[C@@H]2[C@H](O)[C@@H](O[C@@H]3O[C@@H](C)[C@@H](O)[C@@H](O)[C@@H]3O)[C@H](O[C@H]3[C@H](O)[C@@H](O)[C@@H](O)O[C@@H]3CO)O[C@@H]2CO)O[C@H](CO)[C@H](O)[C@@H]1O[C@]1(C(=O)O)C[C@H](O)[C@@H](NC(C)=O)[C@H]([C@H](O)[C@H](O)CO)O1. The van der Waals surface area contributed by atoms with Crippen molar-refractivity contribution in [3.63, 3.8) is 0 Å². The molecule has 2 amide bonds. The highest BCUT2D eigenvalue weighted by atomic mass is 16.8. The second-order valence-electron chi connectivity index (χ2n) is 16.8. The van der Waals surface area contributed by atoms with Crippen molar-refractivity contribution in [1.82, 2.24) is 10.6 Å². The summed E-state index contributed by atoms with van der Waals surface area (Å²) in [5, 5.41) is 175. The Hall–Kier alpha value is -2.55. The number of carboxylic acids is 1. The molecule has 67 heavy (non-hydrogen) atoms. The summed E-state index contributed by atoms with van der Waals surface area (Å²) in [4.78, 5) is 38.0. The molecule has 18 N–H and O–H groups in total. The van der Waals surface area contributed by atoms with E-state index in [9.17, 15) is 96.1 Å². The van der Waals surface area contributed by atoms with Gasteiger partial charge in [0.05, 0.1) is 44.7 Å². The van der Waals surface area contributed by atoms with Crippen LogP contribution in [0.4, 0.5) is 0 Å². The lowest BCUT2D eigenvalue weighted by molar-refractivity contribution is -0.400. The molecule has 5 rings (SSSR count). The zero-order valence-electron chi connectivity index (χ0n) is 36.0. The summed E-state index contributed by atoms with van der Waals surface area (Å²) in [7, 11) is 0. The average Bonchev–Trinajstić information content (AvgIpc) is 3.28. The van der Waals surface area contributed by atoms with E-state index >= 15 is 0 Å². The van der Waals surface area contributed by atoms with Crippen LogP contribution in [-0.4, -0.2) is 285 Å². The second-order valence-corrected chi connectivity index (χ2v) is 16.8. The van der Waals surface area contributed by atoms with Gasteiger partial charge < -0.3 is 135 Å². The molecule has 0 unspecified atom stereocenters. The number of carboxylic acid groups (broad SMARTS) is 1. The van der Waals surface area contributed by atoms with E-state index in [0.717, 1.165) is 13.8 Å². The van der Waals surface area contributed by atoms with Crippen molar-refractivity contribution < 1.29 is 139 Å². The van der Waals surface area contributed by atoms with Crippen LogP contribution in [0.2, 0.25) is 0 Å². The highest BCUT2D eigenvalue weighted by Gasteiger charge is 2.61. The molecule has 30 heteroatoms. The van der Waals surface area contributed by atoms with Crippen molar-refractivity contribution in [3.05, 3.63) is 0 Å². The van der Waals surface area contributed by atoms with E-state index in [1.807, 2.05) is 0 Å². The Morgan fingerprint density at radius 2 is 1.15 bits per heavy atom. The van der Waals surface area contributed by atoms with Gasteiger partial charge in [-0.1, -0.05) is 0 Å². The summed E-state index contributed by atoms with van der Waals surface area (Å²) in [5.74, 6) is -6.99. The number of hydrogen-bond donors (Lipinski definition) is 18. The Bertz CT molecular complexity index is 1640. The maximum absolute atomic E-state index is 13.1. The van der Waals surface area contributed by atoms with E-state index in [1.54, 1.807) is 0 Å². The molecule has 0 saturated carbocycles. The molecule has 0 aromatic heterocycles. The number of amides is 2. The van der Waals surface area contributed by atoms with Crippen LogP contribution in [-0.2, 0) is 57.0 Å². The minimum absolute atomic E-state index is 0.814. The molecule has 0 aromatic carbocycles. The third-order valence-electron chi connectivity index (χ3n) is 12.1. The van der Waals surface area contributed by atoms with Crippen LogP contribution in [0, 0.1) is 0 Å². The molecule has 0 aromatic rings. The number of nitrogens with one attached hydrogen (secondary N) is 2. The number of ether oxygens (including phenoxy) is 9. The smallest absolute Gasteiger partial charge is 0.364 e. The summed E-state index contributed by atoms with van der Waals surface area (Å²) in [6, 6.07) is -3.61. The normalized spacial score (nSPS) is 47.1. The molecule has 0 spiro atoms. The zero-order valence-corrected chi connectivity index (χ0v) is 36.0.